The van der Waals surface area contributed by atoms with Gasteiger partial charge in [-0.2, -0.15) is 5.26 Å². The number of nitrogens with one attached hydrogen (secondary N) is 3. The van der Waals surface area contributed by atoms with Crippen molar-refractivity contribution in [1.82, 2.24) is 20.6 Å². The van der Waals surface area contributed by atoms with E-state index in [0.717, 1.165) is 5.56 Å². The largest absolute Gasteiger partial charge is 0.349 e. The Balaban J connectivity index is 1.32. The zero-order valence-electron chi connectivity index (χ0n) is 17.2. The lowest BCUT2D eigenvalue weighted by Crippen LogP contribution is -2.44. The molecule has 0 aliphatic heterocycles. The van der Waals surface area contributed by atoms with Crippen LogP contribution < -0.4 is 10.6 Å². The molecule has 0 saturated heterocycles. The molecule has 0 bridgehead atoms. The number of amides is 2. The molecule has 4 rings (SSSR count). The van der Waals surface area contributed by atoms with Crippen molar-refractivity contribution in [1.29, 1.82) is 5.26 Å². The van der Waals surface area contributed by atoms with Gasteiger partial charge < -0.3 is 15.6 Å². The molecule has 168 valence electrons. The summed E-state index contributed by atoms with van der Waals surface area (Å²) in [5.41, 5.74) is 1.33. The van der Waals surface area contributed by atoms with Gasteiger partial charge in [0, 0.05) is 13.1 Å². The number of nitriles is 1. The van der Waals surface area contributed by atoms with Crippen LogP contribution in [0.5, 0.6) is 0 Å². The molecule has 1 heterocycles. The van der Waals surface area contributed by atoms with E-state index in [0.29, 0.717) is 31.2 Å². The van der Waals surface area contributed by atoms with E-state index in [1.54, 1.807) is 24.3 Å². The summed E-state index contributed by atoms with van der Waals surface area (Å²) >= 11 is 0. The Labute approximate surface area is 184 Å². The number of rotatable bonds is 9. The summed E-state index contributed by atoms with van der Waals surface area (Å²) in [6, 6.07) is 8.73. The smallest absolute Gasteiger partial charge is 0.287 e. The van der Waals surface area contributed by atoms with Crippen LogP contribution in [0, 0.1) is 11.3 Å². The van der Waals surface area contributed by atoms with Crippen LogP contribution in [-0.4, -0.2) is 52.9 Å². The summed E-state index contributed by atoms with van der Waals surface area (Å²) < 4.78 is 36.6. The van der Waals surface area contributed by atoms with E-state index in [-0.39, 0.29) is 24.6 Å². The van der Waals surface area contributed by atoms with Crippen molar-refractivity contribution in [3.63, 3.8) is 0 Å². The minimum atomic E-state index is -3.69. The lowest BCUT2D eigenvalue weighted by molar-refractivity contribution is 0.0941. The monoisotopic (exact) mass is 459 g/mol. The molecule has 1 aromatic carbocycles. The quantitative estimate of drug-likeness (QED) is 0.517. The Morgan fingerprint density at radius 1 is 1.09 bits per heavy atom. The van der Waals surface area contributed by atoms with Crippen molar-refractivity contribution in [2.24, 2.45) is 0 Å². The van der Waals surface area contributed by atoms with Gasteiger partial charge in [0.2, 0.25) is 0 Å². The maximum Gasteiger partial charge on any atom is 0.287 e. The second-order valence-corrected chi connectivity index (χ2v) is 11.1. The fraction of sp³-hybridized carbons (Fsp3) is 0.429. The number of aromatic amines is 1. The van der Waals surface area contributed by atoms with Crippen LogP contribution in [0.25, 0.3) is 0 Å². The number of hydrogen-bond acceptors (Lipinski definition) is 6. The minimum Gasteiger partial charge on any atom is -0.349 e. The molecule has 9 nitrogen and oxygen atoms in total. The first-order valence-electron chi connectivity index (χ1n) is 10.2. The van der Waals surface area contributed by atoms with Crippen LogP contribution in [-0.2, 0) is 16.4 Å². The van der Waals surface area contributed by atoms with E-state index in [1.165, 1.54) is 6.20 Å². The molecule has 1 aromatic heterocycles. The van der Waals surface area contributed by atoms with E-state index >= 15 is 0 Å². The Bertz CT molecular complexity index is 1190. The Hall–Kier alpha value is -3.26. The average Bonchev–Trinajstić information content (AvgIpc) is 3.73. The van der Waals surface area contributed by atoms with Gasteiger partial charge in [0.1, 0.15) is 17.1 Å². The Morgan fingerprint density at radius 3 is 2.31 bits per heavy atom. The summed E-state index contributed by atoms with van der Waals surface area (Å²) in [7, 11) is -3.69. The fourth-order valence-electron chi connectivity index (χ4n) is 3.60. The molecule has 2 fully saturated rings. The predicted octanol–water partition coefficient (Wildman–Crippen LogP) is 1.39. The highest BCUT2D eigenvalue weighted by atomic mass is 32.2. The molecule has 2 amide bonds. The van der Waals surface area contributed by atoms with Gasteiger partial charge in [-0.05, 0) is 43.4 Å². The third kappa shape index (κ3) is 3.86. The van der Waals surface area contributed by atoms with E-state index < -0.39 is 37.8 Å². The molecule has 2 saturated carbocycles. The number of carbonyl (C=O) groups excluding carboxylic acids is 2. The molecule has 0 atom stereocenters. The van der Waals surface area contributed by atoms with Crippen LogP contribution in [0.3, 0.4) is 0 Å². The van der Waals surface area contributed by atoms with Gasteiger partial charge in [0.25, 0.3) is 11.8 Å². The number of halogens is 1. The molecular weight excluding hydrogens is 437 g/mol. The van der Waals surface area contributed by atoms with Crippen molar-refractivity contribution in [2.75, 3.05) is 13.2 Å². The summed E-state index contributed by atoms with van der Waals surface area (Å²) in [5.74, 6) is -1.17. The first-order valence-corrected chi connectivity index (χ1v) is 11.6. The molecule has 2 aromatic rings. The number of benzene rings is 1. The fourth-order valence-corrected chi connectivity index (χ4v) is 6.21. The molecule has 0 radical (unpaired) electrons. The minimum absolute atomic E-state index is 0.0216. The summed E-state index contributed by atoms with van der Waals surface area (Å²) in [4.78, 5) is 31.3. The maximum atomic E-state index is 13.3. The lowest BCUT2D eigenvalue weighted by Gasteiger charge is -2.22. The van der Waals surface area contributed by atoms with Gasteiger partial charge in [0.15, 0.2) is 15.7 Å². The maximum absolute atomic E-state index is 13.3. The van der Waals surface area contributed by atoms with Gasteiger partial charge in [-0.3, -0.25) is 9.59 Å². The molecule has 3 N–H and O–H groups in total. The number of aromatic nitrogens is 2. The molecule has 2 aliphatic rings. The summed E-state index contributed by atoms with van der Waals surface area (Å²) in [5, 5.41) is 14.1. The topological polar surface area (TPSA) is 145 Å². The van der Waals surface area contributed by atoms with Gasteiger partial charge in [-0.25, -0.2) is 17.8 Å². The number of sulfone groups is 1. The van der Waals surface area contributed by atoms with Crippen molar-refractivity contribution >= 4 is 21.7 Å². The van der Waals surface area contributed by atoms with Crippen molar-refractivity contribution in [3.8, 4) is 6.07 Å². The van der Waals surface area contributed by atoms with E-state index in [9.17, 15) is 22.4 Å². The van der Waals surface area contributed by atoms with Crippen LogP contribution >= 0.6 is 0 Å². The third-order valence-corrected chi connectivity index (χ3v) is 9.49. The Morgan fingerprint density at radius 2 is 1.75 bits per heavy atom. The zero-order chi connectivity index (χ0) is 23.0. The second kappa shape index (κ2) is 8.02. The molecule has 32 heavy (non-hydrogen) atoms. The van der Waals surface area contributed by atoms with Gasteiger partial charge in [-0.1, -0.05) is 12.1 Å². The number of hydrogen-bond donors (Lipinski definition) is 3. The van der Waals surface area contributed by atoms with E-state index in [2.05, 4.69) is 20.6 Å². The number of H-pyrrole nitrogens is 1. The van der Waals surface area contributed by atoms with Crippen LogP contribution in [0.15, 0.2) is 30.5 Å². The molecule has 11 heteroatoms. The first-order chi connectivity index (χ1) is 15.3. The molecular formula is C21H22FN5O4S. The van der Waals surface area contributed by atoms with E-state index in [4.69, 9.17) is 5.26 Å². The van der Waals surface area contributed by atoms with Gasteiger partial charge in [0.05, 0.1) is 22.6 Å². The van der Waals surface area contributed by atoms with Gasteiger partial charge in [-0.15, -0.1) is 0 Å². The number of alkyl halides is 1. The van der Waals surface area contributed by atoms with Crippen molar-refractivity contribution in [3.05, 3.63) is 53.1 Å². The molecule has 0 spiro atoms. The second-order valence-electron chi connectivity index (χ2n) is 8.32. The summed E-state index contributed by atoms with van der Waals surface area (Å²) in [6.07, 6.45) is 2.63. The van der Waals surface area contributed by atoms with Crippen LogP contribution in [0.1, 0.15) is 57.9 Å². The lowest BCUT2D eigenvalue weighted by atomic mass is 10.1. The highest BCUT2D eigenvalue weighted by Crippen LogP contribution is 2.56. The van der Waals surface area contributed by atoms with Crippen LogP contribution in [0.4, 0.5) is 4.39 Å². The number of imidazole rings is 1. The SMILES string of the molecule is N#Cc1ccc(CNC(=O)c2ncc(C(=O)NCC3(S(=O)(=O)C4(CF)CC4)CC3)[nH]2)cc1. The average molecular weight is 460 g/mol. The normalized spacial score (nSPS) is 17.8. The van der Waals surface area contributed by atoms with Crippen molar-refractivity contribution < 1.29 is 22.4 Å². The van der Waals surface area contributed by atoms with E-state index in [1.807, 2.05) is 6.07 Å². The number of nitrogens with zero attached hydrogens (tertiary/aromatic N) is 2. The number of carbonyl (C=O) groups is 2. The predicted molar refractivity (Wildman–Crippen MR) is 112 cm³/mol. The Kier molecular flexibility index (Phi) is 5.50. The third-order valence-electron chi connectivity index (χ3n) is 6.14. The highest BCUT2D eigenvalue weighted by Gasteiger charge is 2.67. The summed E-state index contributed by atoms with van der Waals surface area (Å²) in [6.45, 7) is -0.787. The molecule has 0 unspecified atom stereocenters. The first kappa shape index (κ1) is 22.0. The van der Waals surface area contributed by atoms with Crippen molar-refractivity contribution in [2.45, 2.75) is 41.7 Å². The molecule has 2 aliphatic carbocycles. The highest BCUT2D eigenvalue weighted by molar-refractivity contribution is 7.94. The van der Waals surface area contributed by atoms with Gasteiger partial charge >= 0.3 is 0 Å². The standard InChI is InChI=1S/C21H22FN5O4S/c22-12-20(5-6-20)32(30,31)21(7-8-21)13-26-18(28)16-11-24-17(27-16)19(29)25-10-15-3-1-14(9-23)2-4-15/h1-4,11H,5-8,10,12-13H2,(H,24,27)(H,25,29)(H,26,28). The van der Waals surface area contributed by atoms with Crippen LogP contribution in [0.2, 0.25) is 0 Å². The zero-order valence-corrected chi connectivity index (χ0v) is 18.0.